The van der Waals surface area contributed by atoms with Crippen molar-refractivity contribution in [3.05, 3.63) is 46.0 Å². The first kappa shape index (κ1) is 12.4. The molecule has 1 heterocycles. The topological polar surface area (TPSA) is 56.7 Å². The molecule has 90 valence electrons. The van der Waals surface area contributed by atoms with E-state index in [0.717, 1.165) is 12.1 Å². The van der Waals surface area contributed by atoms with Gasteiger partial charge in [0.05, 0.1) is 6.04 Å². The molecule has 0 fully saturated rings. The van der Waals surface area contributed by atoms with Crippen molar-refractivity contribution in [2.75, 3.05) is 0 Å². The first-order chi connectivity index (χ1) is 8.11. The molecule has 1 unspecified atom stereocenters. The van der Waals surface area contributed by atoms with Crippen LogP contribution in [0.1, 0.15) is 24.4 Å². The lowest BCUT2D eigenvalue weighted by molar-refractivity contribution is 0.592. The van der Waals surface area contributed by atoms with E-state index in [4.69, 9.17) is 28.9 Å². The Morgan fingerprint density at radius 1 is 1.29 bits per heavy atom. The fraction of sp³-hybridized carbons (Fsp3) is 0.273. The van der Waals surface area contributed by atoms with Crippen LogP contribution >= 0.6 is 23.2 Å². The van der Waals surface area contributed by atoms with Crippen molar-refractivity contribution in [2.45, 2.75) is 19.5 Å². The summed E-state index contributed by atoms with van der Waals surface area (Å²) in [6, 6.07) is 4.86. The summed E-state index contributed by atoms with van der Waals surface area (Å²) in [6.07, 6.45) is 1.49. The van der Waals surface area contributed by atoms with E-state index < -0.39 is 0 Å². The summed E-state index contributed by atoms with van der Waals surface area (Å²) >= 11 is 11.9. The van der Waals surface area contributed by atoms with Gasteiger partial charge in [0.2, 0.25) is 0 Å². The molecule has 0 amide bonds. The van der Waals surface area contributed by atoms with Gasteiger partial charge in [-0.1, -0.05) is 23.2 Å². The van der Waals surface area contributed by atoms with Gasteiger partial charge in [-0.25, -0.2) is 9.67 Å². The molecule has 0 saturated heterocycles. The van der Waals surface area contributed by atoms with Crippen LogP contribution in [0.5, 0.6) is 0 Å². The molecule has 0 saturated carbocycles. The first-order valence-electron chi connectivity index (χ1n) is 5.21. The van der Waals surface area contributed by atoms with E-state index in [-0.39, 0.29) is 6.04 Å². The summed E-state index contributed by atoms with van der Waals surface area (Å²) < 4.78 is 1.75. The summed E-state index contributed by atoms with van der Waals surface area (Å²) in [5.74, 6) is 0.700. The average molecular weight is 271 g/mol. The first-order valence-corrected chi connectivity index (χ1v) is 5.96. The molecule has 17 heavy (non-hydrogen) atoms. The van der Waals surface area contributed by atoms with Crippen LogP contribution < -0.4 is 5.73 Å². The maximum Gasteiger partial charge on any atom is 0.148 e. The highest BCUT2D eigenvalue weighted by Crippen LogP contribution is 2.25. The molecule has 0 aliphatic rings. The molecule has 1 aromatic heterocycles. The minimum absolute atomic E-state index is 0.381. The van der Waals surface area contributed by atoms with Crippen LogP contribution in [0.25, 0.3) is 0 Å². The second-order valence-electron chi connectivity index (χ2n) is 3.61. The molecule has 0 spiro atoms. The number of hydrogen-bond donors (Lipinski definition) is 1. The molecule has 0 radical (unpaired) electrons. The van der Waals surface area contributed by atoms with Crippen molar-refractivity contribution in [1.29, 1.82) is 0 Å². The zero-order valence-electron chi connectivity index (χ0n) is 9.27. The summed E-state index contributed by atoms with van der Waals surface area (Å²) in [7, 11) is 0. The van der Waals surface area contributed by atoms with E-state index in [1.165, 1.54) is 6.33 Å². The minimum atomic E-state index is -0.381. The predicted octanol–water partition coefficient (Wildman–Crippen LogP) is 2.65. The molecule has 0 aliphatic heterocycles. The van der Waals surface area contributed by atoms with Crippen LogP contribution in [0.3, 0.4) is 0 Å². The van der Waals surface area contributed by atoms with Gasteiger partial charge in [0.1, 0.15) is 12.2 Å². The predicted molar refractivity (Wildman–Crippen MR) is 68.2 cm³/mol. The van der Waals surface area contributed by atoms with Crippen LogP contribution in [-0.4, -0.2) is 14.8 Å². The van der Waals surface area contributed by atoms with Crippen molar-refractivity contribution in [1.82, 2.24) is 14.8 Å². The van der Waals surface area contributed by atoms with Gasteiger partial charge in [-0.15, -0.1) is 0 Å². The molecule has 6 heteroatoms. The molecule has 2 rings (SSSR count). The number of aromatic nitrogens is 3. The molecule has 0 aliphatic carbocycles. The van der Waals surface area contributed by atoms with Gasteiger partial charge in [0, 0.05) is 16.6 Å². The van der Waals surface area contributed by atoms with E-state index in [1.54, 1.807) is 22.9 Å². The second kappa shape index (κ2) is 5.04. The van der Waals surface area contributed by atoms with Gasteiger partial charge < -0.3 is 5.73 Å². The largest absolute Gasteiger partial charge is 0.318 e. The molecule has 2 aromatic rings. The lowest BCUT2D eigenvalue weighted by Gasteiger charge is -2.13. The third-order valence-corrected chi connectivity index (χ3v) is 2.90. The SMILES string of the molecule is CCn1ncnc1C(N)c1cc(Cl)cc(Cl)c1. The van der Waals surface area contributed by atoms with E-state index in [9.17, 15) is 0 Å². The average Bonchev–Trinajstić information content (AvgIpc) is 2.74. The van der Waals surface area contributed by atoms with E-state index >= 15 is 0 Å². The van der Waals surface area contributed by atoms with Gasteiger partial charge in [0.25, 0.3) is 0 Å². The van der Waals surface area contributed by atoms with Gasteiger partial charge >= 0.3 is 0 Å². The Hall–Kier alpha value is -1.10. The maximum atomic E-state index is 6.13. The highest BCUT2D eigenvalue weighted by molar-refractivity contribution is 6.34. The van der Waals surface area contributed by atoms with Gasteiger partial charge in [-0.2, -0.15) is 5.10 Å². The molecule has 4 nitrogen and oxygen atoms in total. The van der Waals surface area contributed by atoms with E-state index in [2.05, 4.69) is 10.1 Å². The third kappa shape index (κ3) is 2.60. The maximum absolute atomic E-state index is 6.13. The molecule has 2 N–H and O–H groups in total. The number of benzene rings is 1. The Balaban J connectivity index is 2.39. The van der Waals surface area contributed by atoms with Crippen LogP contribution in [0.4, 0.5) is 0 Å². The normalized spacial score (nSPS) is 12.7. The summed E-state index contributed by atoms with van der Waals surface area (Å²) in [4.78, 5) is 4.16. The van der Waals surface area contributed by atoms with Gasteiger partial charge in [0.15, 0.2) is 0 Å². The highest BCUT2D eigenvalue weighted by atomic mass is 35.5. The molecule has 1 aromatic carbocycles. The highest BCUT2D eigenvalue weighted by Gasteiger charge is 2.16. The van der Waals surface area contributed by atoms with Gasteiger partial charge in [-0.3, -0.25) is 0 Å². The van der Waals surface area contributed by atoms with E-state index in [1.807, 2.05) is 6.92 Å². The van der Waals surface area contributed by atoms with Crippen molar-refractivity contribution in [3.8, 4) is 0 Å². The van der Waals surface area contributed by atoms with Crippen LogP contribution in [0.2, 0.25) is 10.0 Å². The Bertz CT molecular complexity index is 504. The fourth-order valence-electron chi connectivity index (χ4n) is 1.66. The zero-order valence-corrected chi connectivity index (χ0v) is 10.8. The smallest absolute Gasteiger partial charge is 0.148 e. The second-order valence-corrected chi connectivity index (χ2v) is 4.49. The Labute approximate surface area is 109 Å². The number of aryl methyl sites for hydroxylation is 1. The molecular weight excluding hydrogens is 259 g/mol. The lowest BCUT2D eigenvalue weighted by atomic mass is 10.1. The molecule has 0 bridgehead atoms. The summed E-state index contributed by atoms with van der Waals surface area (Å²) in [6.45, 7) is 2.70. The van der Waals surface area contributed by atoms with Crippen LogP contribution in [0, 0.1) is 0 Å². The number of hydrogen-bond acceptors (Lipinski definition) is 3. The summed E-state index contributed by atoms with van der Waals surface area (Å²) in [5.41, 5.74) is 6.96. The Morgan fingerprint density at radius 2 is 1.94 bits per heavy atom. The Kier molecular flexibility index (Phi) is 3.66. The number of halogens is 2. The number of rotatable bonds is 3. The van der Waals surface area contributed by atoms with Crippen molar-refractivity contribution in [2.24, 2.45) is 5.73 Å². The van der Waals surface area contributed by atoms with Crippen molar-refractivity contribution in [3.63, 3.8) is 0 Å². The van der Waals surface area contributed by atoms with Crippen molar-refractivity contribution >= 4 is 23.2 Å². The van der Waals surface area contributed by atoms with Gasteiger partial charge in [-0.05, 0) is 30.7 Å². The molecular formula is C11H12Cl2N4. The summed E-state index contributed by atoms with van der Waals surface area (Å²) in [5, 5.41) is 5.21. The fourth-order valence-corrected chi connectivity index (χ4v) is 2.20. The minimum Gasteiger partial charge on any atom is -0.318 e. The lowest BCUT2D eigenvalue weighted by Crippen LogP contribution is -2.18. The quantitative estimate of drug-likeness (QED) is 0.933. The standard InChI is InChI=1S/C11H12Cl2N4/c1-2-17-11(15-6-16-17)10(14)7-3-8(12)5-9(13)4-7/h3-6,10H,2,14H2,1H3. The number of nitrogens with two attached hydrogens (primary N) is 1. The van der Waals surface area contributed by atoms with Crippen molar-refractivity contribution < 1.29 is 0 Å². The van der Waals surface area contributed by atoms with E-state index in [0.29, 0.717) is 15.9 Å². The Morgan fingerprint density at radius 3 is 2.53 bits per heavy atom. The van der Waals surface area contributed by atoms with Crippen LogP contribution in [-0.2, 0) is 6.54 Å². The molecule has 1 atom stereocenters. The monoisotopic (exact) mass is 270 g/mol. The van der Waals surface area contributed by atoms with Crippen LogP contribution in [0.15, 0.2) is 24.5 Å². The third-order valence-electron chi connectivity index (χ3n) is 2.47. The number of nitrogens with zero attached hydrogens (tertiary/aromatic N) is 3. The zero-order chi connectivity index (χ0) is 12.4.